The van der Waals surface area contributed by atoms with E-state index in [1.807, 2.05) is 0 Å². The fourth-order valence-corrected chi connectivity index (χ4v) is 11.8. The second-order valence-corrected chi connectivity index (χ2v) is 19.7. The lowest BCUT2D eigenvalue weighted by molar-refractivity contribution is -0.425. The Bertz CT molecular complexity index is 1610. The third kappa shape index (κ3) is 10.2. The summed E-state index contributed by atoms with van der Waals surface area (Å²) in [6, 6.07) is 0. The molecule has 0 radical (unpaired) electrons. The second kappa shape index (κ2) is 21.8. The molecule has 3 saturated heterocycles. The van der Waals surface area contributed by atoms with Crippen LogP contribution in [0.2, 0.25) is 0 Å². The van der Waals surface area contributed by atoms with Gasteiger partial charge in [0.05, 0.1) is 37.9 Å². The van der Waals surface area contributed by atoms with E-state index in [2.05, 4.69) is 30.2 Å². The van der Waals surface area contributed by atoms with E-state index in [0.29, 0.717) is 50.5 Å². The van der Waals surface area contributed by atoms with Gasteiger partial charge in [0, 0.05) is 0 Å². The summed E-state index contributed by atoms with van der Waals surface area (Å²) in [4.78, 5) is 23.2. The predicted octanol–water partition coefficient (Wildman–Crippen LogP) is -3.64. The first kappa shape index (κ1) is 53.7. The van der Waals surface area contributed by atoms with Gasteiger partial charge in [-0.2, -0.15) is 0 Å². The number of ether oxygens (including phenoxy) is 7. The number of esters is 1. The Morgan fingerprint density at radius 1 is 0.727 bits per heavy atom. The molecular weight excluding hydrogens is 888 g/mol. The van der Waals surface area contributed by atoms with Crippen LogP contribution >= 0.6 is 0 Å². The first-order valence-corrected chi connectivity index (χ1v) is 22.5. The minimum Gasteiger partial charge on any atom is -0.432 e. The van der Waals surface area contributed by atoms with Gasteiger partial charge in [-0.3, -0.25) is 15.3 Å². The highest BCUT2D eigenvalue weighted by atomic mass is 17.1. The number of aliphatic hydroxyl groups is 12. The lowest BCUT2D eigenvalue weighted by Crippen LogP contribution is -2.62. The Balaban J connectivity index is 1.28. The van der Waals surface area contributed by atoms with E-state index in [0.717, 1.165) is 0 Å². The van der Waals surface area contributed by atoms with E-state index >= 15 is 0 Å². The summed E-state index contributed by atoms with van der Waals surface area (Å²) in [6.07, 6.45) is -29.2. The molecule has 0 amide bonds. The van der Waals surface area contributed by atoms with E-state index < -0.39 is 165 Å². The highest BCUT2D eigenvalue weighted by molar-refractivity contribution is 5.77. The Hall–Kier alpha value is -1.67. The molecule has 24 heteroatoms. The van der Waals surface area contributed by atoms with E-state index in [9.17, 15) is 76.6 Å². The van der Waals surface area contributed by atoms with Crippen molar-refractivity contribution in [1.82, 2.24) is 0 Å². The number of hydrogen-bond acceptors (Lipinski definition) is 24. The molecule has 0 aromatic carbocycles. The van der Waals surface area contributed by atoms with Crippen LogP contribution in [0.5, 0.6) is 0 Å². The predicted molar refractivity (Wildman–Crippen MR) is 215 cm³/mol. The molecule has 3 saturated carbocycles. The summed E-state index contributed by atoms with van der Waals surface area (Å²) in [7, 11) is 0. The summed E-state index contributed by atoms with van der Waals surface area (Å²) in [5.74, 6) is -1.09. The second-order valence-electron chi connectivity index (χ2n) is 19.7. The van der Waals surface area contributed by atoms with Crippen LogP contribution in [0.4, 0.5) is 0 Å². The quantitative estimate of drug-likeness (QED) is 0.0233. The van der Waals surface area contributed by atoms with Crippen molar-refractivity contribution in [2.75, 3.05) is 26.4 Å². The number of fused-ring (bicyclic) bond motifs is 3. The zero-order valence-corrected chi connectivity index (χ0v) is 37.2. The maximum atomic E-state index is 14.4. The molecule has 0 aromatic heterocycles. The van der Waals surface area contributed by atoms with Crippen molar-refractivity contribution >= 4 is 5.97 Å². The van der Waals surface area contributed by atoms with Crippen molar-refractivity contribution in [3.8, 4) is 0 Å². The van der Waals surface area contributed by atoms with Gasteiger partial charge >= 0.3 is 5.97 Å². The lowest BCUT2D eigenvalue weighted by atomic mass is 9.42. The van der Waals surface area contributed by atoms with Crippen LogP contribution in [0.3, 0.4) is 0 Å². The summed E-state index contributed by atoms with van der Waals surface area (Å²) < 4.78 is 41.1. The molecule has 24 atom stereocenters. The molecule has 24 nitrogen and oxygen atoms in total. The topological polar surface area (TPSA) is 383 Å². The summed E-state index contributed by atoms with van der Waals surface area (Å²) in [5.41, 5.74) is -1.56. The summed E-state index contributed by atoms with van der Waals surface area (Å²) >= 11 is 0. The molecule has 0 bridgehead atoms. The van der Waals surface area contributed by atoms with Crippen molar-refractivity contribution in [3.63, 3.8) is 0 Å². The molecule has 6 aliphatic rings. The highest BCUT2D eigenvalue weighted by Gasteiger charge is 2.63. The van der Waals surface area contributed by atoms with Crippen molar-refractivity contribution in [3.05, 3.63) is 12.2 Å². The minimum atomic E-state index is -2.14. The Labute approximate surface area is 380 Å². The molecule has 0 aromatic rings. The SMILES string of the molecule is C=C1C[C@@]2(C)CCC3[C@](C)(C(=O)O[C@@H]4OC(CO)[C@@H](O)C(OO)C4OO)CCC[C@@]3(C)[C@@H]2CCC1O[C@H](O[C@@H]1OC[C@@H](O)C(O)C1O)C(O[C@@H]1OC(CO)[C@@H](O)C(O)C1O)[C@H](O)C(O)CO. The van der Waals surface area contributed by atoms with E-state index in [-0.39, 0.29) is 18.3 Å². The molecule has 6 rings (SSSR count). The maximum Gasteiger partial charge on any atom is 0.314 e. The zero-order valence-electron chi connectivity index (χ0n) is 37.2. The third-order valence-electron chi connectivity index (χ3n) is 15.5. The van der Waals surface area contributed by atoms with Gasteiger partial charge in [-0.25, -0.2) is 9.78 Å². The first-order valence-electron chi connectivity index (χ1n) is 22.5. The minimum absolute atomic E-state index is 0.107. The van der Waals surface area contributed by atoms with Gasteiger partial charge in [0.15, 0.2) is 31.1 Å². The monoisotopic (exact) mass is 958 g/mol. The van der Waals surface area contributed by atoms with Crippen LogP contribution in [0.15, 0.2) is 12.2 Å². The maximum absolute atomic E-state index is 14.4. The fourth-order valence-electron chi connectivity index (χ4n) is 11.8. The Morgan fingerprint density at radius 3 is 2.00 bits per heavy atom. The molecule has 382 valence electrons. The number of hydrogen-bond donors (Lipinski definition) is 14. The van der Waals surface area contributed by atoms with Crippen molar-refractivity contribution in [1.29, 1.82) is 0 Å². The number of carbonyl (C=O) groups excluding carboxylic acids is 1. The molecule has 12 unspecified atom stereocenters. The van der Waals surface area contributed by atoms with Crippen LogP contribution in [0, 0.1) is 28.1 Å². The molecule has 3 heterocycles. The average Bonchev–Trinajstić information content (AvgIpc) is 3.42. The Kier molecular flexibility index (Phi) is 17.7. The van der Waals surface area contributed by atoms with Crippen molar-refractivity contribution < 1.29 is 120 Å². The zero-order chi connectivity index (χ0) is 48.6. The van der Waals surface area contributed by atoms with E-state index in [1.54, 1.807) is 6.92 Å². The normalized spacial score (nSPS) is 47.4. The van der Waals surface area contributed by atoms with Crippen LogP contribution in [0.1, 0.15) is 72.1 Å². The molecular formula is C42H70O24. The lowest BCUT2D eigenvalue weighted by Gasteiger charge is -2.62. The van der Waals surface area contributed by atoms with Gasteiger partial charge in [0.2, 0.25) is 6.29 Å². The van der Waals surface area contributed by atoms with Gasteiger partial charge < -0.3 is 94.4 Å². The van der Waals surface area contributed by atoms with Crippen molar-refractivity contribution in [2.24, 2.45) is 28.1 Å². The van der Waals surface area contributed by atoms with E-state index in [4.69, 9.17) is 33.2 Å². The van der Waals surface area contributed by atoms with Gasteiger partial charge in [0.25, 0.3) is 0 Å². The van der Waals surface area contributed by atoms with E-state index in [1.165, 1.54) is 0 Å². The molecule has 6 fully saturated rings. The summed E-state index contributed by atoms with van der Waals surface area (Å²) in [6.45, 7) is 7.26. The molecule has 66 heavy (non-hydrogen) atoms. The highest BCUT2D eigenvalue weighted by Crippen LogP contribution is 2.67. The summed E-state index contributed by atoms with van der Waals surface area (Å²) in [5, 5.41) is 145. The van der Waals surface area contributed by atoms with Crippen LogP contribution in [0.25, 0.3) is 0 Å². The average molecular weight is 959 g/mol. The molecule has 3 aliphatic carbocycles. The van der Waals surface area contributed by atoms with Gasteiger partial charge in [0.1, 0.15) is 73.2 Å². The first-order chi connectivity index (χ1) is 31.1. The number of carbonyl (C=O) groups is 1. The van der Waals surface area contributed by atoms with Crippen LogP contribution in [-0.2, 0) is 47.7 Å². The van der Waals surface area contributed by atoms with Crippen LogP contribution < -0.4 is 0 Å². The van der Waals surface area contributed by atoms with Crippen molar-refractivity contribution in [2.45, 2.75) is 189 Å². The fraction of sp³-hybridized carbons (Fsp3) is 0.929. The smallest absolute Gasteiger partial charge is 0.314 e. The standard InChI is InChI=1S/C42H70O24/c1-17-12-40(2)11-8-24-41(3,9-5-10-42(24,4)39(55)64-38-34(66-57)32(65-56)28(51)22(15-45)61-38)23(40)7-6-20(17)59-37(63-35-30(53)25(48)19(47)16-58-35)33(26(49)18(46)13-43)62-36-31(54)29(52)27(50)21(14-44)60-36/h18-38,43-54,56-57H,1,5-16H2,2-4H3/t18?,19-,20?,21?,22?,23-,24?,25?,26-,27-,28-,29?,30?,31?,32?,33?,34?,35+,36+,37-,38+,40-,41+,42-/m1/s1. The third-order valence-corrected chi connectivity index (χ3v) is 15.5. The van der Waals surface area contributed by atoms with Gasteiger partial charge in [-0.05, 0) is 80.1 Å². The molecule has 3 aliphatic heterocycles. The largest absolute Gasteiger partial charge is 0.432 e. The number of aliphatic hydroxyl groups excluding tert-OH is 12. The Morgan fingerprint density at radius 2 is 1.36 bits per heavy atom. The van der Waals surface area contributed by atoms with Gasteiger partial charge in [-0.15, -0.1) is 0 Å². The molecule has 0 spiro atoms. The number of rotatable bonds is 16. The molecule has 14 N–H and O–H groups in total. The van der Waals surface area contributed by atoms with Crippen LogP contribution in [-0.4, -0.2) is 221 Å². The van der Waals surface area contributed by atoms with Gasteiger partial charge in [-0.1, -0.05) is 26.8 Å².